The van der Waals surface area contributed by atoms with Crippen LogP contribution in [0.3, 0.4) is 0 Å². The summed E-state index contributed by atoms with van der Waals surface area (Å²) in [6, 6.07) is 21.0. The van der Waals surface area contributed by atoms with Crippen LogP contribution in [0.4, 0.5) is 0 Å². The van der Waals surface area contributed by atoms with Gasteiger partial charge in [-0.2, -0.15) is 0 Å². The van der Waals surface area contributed by atoms with Crippen molar-refractivity contribution in [2.45, 2.75) is 76.0 Å². The Labute approximate surface area is 236 Å². The molecule has 3 aliphatic carbocycles. The predicted octanol–water partition coefficient (Wildman–Crippen LogP) is 7.58. The molecule has 0 atom stereocenters. The van der Waals surface area contributed by atoms with Gasteiger partial charge in [0.1, 0.15) is 0 Å². The van der Waals surface area contributed by atoms with Crippen LogP contribution in [0.2, 0.25) is 0 Å². The van der Waals surface area contributed by atoms with Crippen molar-refractivity contribution in [1.82, 2.24) is 4.98 Å². The Bertz CT molecular complexity index is 1600. The molecule has 0 aliphatic heterocycles. The zero-order valence-corrected chi connectivity index (χ0v) is 24.3. The van der Waals surface area contributed by atoms with Crippen LogP contribution in [0.5, 0.6) is 0 Å². The Hall–Kier alpha value is -2.88. The van der Waals surface area contributed by atoms with Crippen molar-refractivity contribution in [3.63, 3.8) is 0 Å². The second kappa shape index (κ2) is 10.0. The fourth-order valence-electron chi connectivity index (χ4n) is 7.18. The number of hydrogen-bond acceptors (Lipinski definition) is 4. The van der Waals surface area contributed by atoms with E-state index in [-0.39, 0.29) is 42.5 Å². The number of ketones is 2. The summed E-state index contributed by atoms with van der Waals surface area (Å²) in [7, 11) is 0. The zero-order valence-electron chi connectivity index (χ0n) is 21.9. The number of Topliss-reactive ketones (excluding diaryl/α,β-unsaturated/α-hetero) is 1. The summed E-state index contributed by atoms with van der Waals surface area (Å²) in [6.45, 7) is 2.85. The van der Waals surface area contributed by atoms with Crippen molar-refractivity contribution >= 4 is 44.0 Å². The summed E-state index contributed by atoms with van der Waals surface area (Å²) < 4.78 is 0. The summed E-state index contributed by atoms with van der Waals surface area (Å²) in [5, 5.41) is 14.1. The Morgan fingerprint density at radius 3 is 2.16 bits per heavy atom. The van der Waals surface area contributed by atoms with Gasteiger partial charge in [0.05, 0.1) is 16.6 Å². The maximum atomic E-state index is 14.0. The van der Waals surface area contributed by atoms with Crippen molar-refractivity contribution in [3.05, 3.63) is 77.7 Å². The van der Waals surface area contributed by atoms with Gasteiger partial charge in [-0.25, -0.2) is 0 Å². The van der Waals surface area contributed by atoms with Gasteiger partial charge >= 0.3 is 0 Å². The van der Waals surface area contributed by atoms with Crippen LogP contribution >= 0.6 is 0 Å². The van der Waals surface area contributed by atoms with E-state index < -0.39 is 0 Å². The van der Waals surface area contributed by atoms with Crippen LogP contribution in [0.25, 0.3) is 32.4 Å². The van der Waals surface area contributed by atoms with E-state index in [1.807, 2.05) is 0 Å². The van der Waals surface area contributed by atoms with Gasteiger partial charge in [0.15, 0.2) is 11.6 Å². The molecule has 0 unspecified atom stereocenters. The third kappa shape index (κ3) is 4.12. The standard InChI is InChI=1S/C28H24NO.C5H8O2.Ir/c30-26-27(11-3-4-12-27)23-17-21-10-9-20-15-18-7-1-2-8-19(18)16-22(20)24(21)29-25(23)28(26)13-5-6-14-28;1-4(6)3-5(2)7;/h1-2,7-10,15,17H,3-6,11-14H2;3,6H,1-2H3;/q-1;;. The van der Waals surface area contributed by atoms with Gasteiger partial charge in [0, 0.05) is 37.4 Å². The number of fused-ring (bicyclic) bond motifs is 7. The Morgan fingerprint density at radius 1 is 0.895 bits per heavy atom. The normalized spacial score (nSPS) is 19.1. The fraction of sp³-hybridized carbons (Fsp3) is 0.364. The molecule has 4 aromatic rings. The molecular weight excluding hydrogens is 651 g/mol. The Kier molecular flexibility index (Phi) is 7.04. The molecule has 1 aromatic heterocycles. The average Bonchev–Trinajstić information content (AvgIpc) is 3.60. The molecule has 0 amide bonds. The fourth-order valence-corrected chi connectivity index (χ4v) is 7.18. The molecule has 197 valence electrons. The molecule has 38 heavy (non-hydrogen) atoms. The number of aromatic nitrogens is 1. The van der Waals surface area contributed by atoms with Crippen LogP contribution in [0, 0.1) is 6.07 Å². The van der Waals surface area contributed by atoms with Gasteiger partial charge in [-0.1, -0.05) is 78.2 Å². The molecule has 2 spiro atoms. The average molecular weight is 683 g/mol. The third-order valence-corrected chi connectivity index (χ3v) is 8.72. The first kappa shape index (κ1) is 26.7. The van der Waals surface area contributed by atoms with Gasteiger partial charge in [-0.3, -0.25) is 14.6 Å². The number of carbonyl (C=O) groups excluding carboxylic acids is 2. The largest absolute Gasteiger partial charge is 0.512 e. The number of aliphatic hydroxyl groups is 1. The van der Waals surface area contributed by atoms with E-state index in [9.17, 15) is 9.59 Å². The first-order chi connectivity index (χ1) is 17.8. The molecule has 7 rings (SSSR count). The van der Waals surface area contributed by atoms with Crippen molar-refractivity contribution in [2.24, 2.45) is 0 Å². The number of allylic oxidation sites excluding steroid dienone is 2. The number of rotatable bonds is 1. The number of carbonyl (C=O) groups is 2. The van der Waals surface area contributed by atoms with Gasteiger partial charge in [-0.05, 0) is 50.5 Å². The molecule has 2 saturated carbocycles. The molecule has 0 bridgehead atoms. The third-order valence-electron chi connectivity index (χ3n) is 8.72. The molecule has 1 heterocycles. The van der Waals surface area contributed by atoms with Crippen molar-refractivity contribution in [2.75, 3.05) is 0 Å². The molecule has 2 fully saturated rings. The second-order valence-corrected chi connectivity index (χ2v) is 11.1. The predicted molar refractivity (Wildman–Crippen MR) is 148 cm³/mol. The molecule has 4 nitrogen and oxygen atoms in total. The second-order valence-electron chi connectivity index (χ2n) is 11.1. The van der Waals surface area contributed by atoms with E-state index in [0.29, 0.717) is 5.78 Å². The maximum Gasteiger partial charge on any atom is 0.155 e. The van der Waals surface area contributed by atoms with Gasteiger partial charge in [0.2, 0.25) is 0 Å². The first-order valence-corrected chi connectivity index (χ1v) is 13.5. The van der Waals surface area contributed by atoms with E-state index in [2.05, 4.69) is 54.6 Å². The molecule has 1 radical (unpaired) electrons. The smallest absolute Gasteiger partial charge is 0.155 e. The minimum absolute atomic E-state index is 0. The Morgan fingerprint density at radius 2 is 1.53 bits per heavy atom. The monoisotopic (exact) mass is 683 g/mol. The van der Waals surface area contributed by atoms with E-state index in [0.717, 1.165) is 78.7 Å². The topological polar surface area (TPSA) is 67.3 Å². The summed E-state index contributed by atoms with van der Waals surface area (Å²) in [5.41, 5.74) is 2.81. The van der Waals surface area contributed by atoms with Gasteiger partial charge in [-0.15, -0.1) is 23.6 Å². The van der Waals surface area contributed by atoms with Crippen molar-refractivity contribution < 1.29 is 34.8 Å². The quantitative estimate of drug-likeness (QED) is 0.0740. The van der Waals surface area contributed by atoms with Crippen LogP contribution in [0.15, 0.2) is 60.4 Å². The molecule has 1 N–H and O–H groups in total. The van der Waals surface area contributed by atoms with E-state index in [1.54, 1.807) is 0 Å². The minimum Gasteiger partial charge on any atom is -0.512 e. The molecule has 5 heteroatoms. The number of benzene rings is 3. The summed E-state index contributed by atoms with van der Waals surface area (Å²) in [4.78, 5) is 29.3. The summed E-state index contributed by atoms with van der Waals surface area (Å²) in [5.74, 6) is 0.439. The number of nitrogens with zero attached hydrogens (tertiary/aromatic N) is 1. The van der Waals surface area contributed by atoms with E-state index >= 15 is 0 Å². The summed E-state index contributed by atoms with van der Waals surface area (Å²) >= 11 is 0. The minimum atomic E-state index is -0.327. The van der Waals surface area contributed by atoms with Crippen molar-refractivity contribution in [3.8, 4) is 0 Å². The molecule has 3 aliphatic rings. The zero-order chi connectivity index (χ0) is 25.8. The van der Waals surface area contributed by atoms with E-state index in [4.69, 9.17) is 10.1 Å². The number of pyridine rings is 1. The van der Waals surface area contributed by atoms with Crippen LogP contribution in [-0.2, 0) is 40.5 Å². The molecule has 3 aromatic carbocycles. The summed E-state index contributed by atoms with van der Waals surface area (Å²) in [6.07, 6.45) is 9.78. The SMILES string of the molecule is CC(=O)C=C(C)O.O=C1C2(CCCC2)c2cc3ccc4cc5ccccc5[c-]c4c3nc2C12CCCC2.[Ir]. The maximum absolute atomic E-state index is 14.0. The van der Waals surface area contributed by atoms with E-state index in [1.165, 1.54) is 36.3 Å². The Balaban J connectivity index is 0.000000329. The number of aliphatic hydroxyl groups excluding tert-OH is 1. The van der Waals surface area contributed by atoms with Crippen LogP contribution in [0.1, 0.15) is 76.5 Å². The molecular formula is C33H32IrNO3-. The number of hydrogen-bond donors (Lipinski definition) is 1. The van der Waals surface area contributed by atoms with Gasteiger partial charge in [0.25, 0.3) is 0 Å². The van der Waals surface area contributed by atoms with Gasteiger partial charge < -0.3 is 5.11 Å². The van der Waals surface area contributed by atoms with Crippen molar-refractivity contribution in [1.29, 1.82) is 0 Å². The molecule has 0 saturated heterocycles. The van der Waals surface area contributed by atoms with Crippen LogP contribution in [-0.4, -0.2) is 21.7 Å². The first-order valence-electron chi connectivity index (χ1n) is 13.5. The van der Waals surface area contributed by atoms with Crippen LogP contribution < -0.4 is 0 Å².